The van der Waals surface area contributed by atoms with Crippen molar-refractivity contribution in [3.63, 3.8) is 0 Å². The van der Waals surface area contributed by atoms with Crippen LogP contribution in [0.3, 0.4) is 0 Å². The van der Waals surface area contributed by atoms with Gasteiger partial charge in [0, 0.05) is 31.2 Å². The van der Waals surface area contributed by atoms with Crippen LogP contribution >= 0.6 is 11.6 Å². The van der Waals surface area contributed by atoms with Crippen molar-refractivity contribution in [3.8, 4) is 11.1 Å². The van der Waals surface area contributed by atoms with Crippen LogP contribution in [0.15, 0.2) is 109 Å². The standard InChI is InChI=1S/C50H54ClN3O9/c1-29(2)24-42-47(57)61-41(30(3)44-45(63-44)32-14-7-6-8-15-32)20-13-21-43(55)53-40(46(56)52-28-50(4,5)48(58)62-42)26-31-22-23-39(38(51)25-31)54-49(59)60-27-37-35-18-11-9-16-33(35)34-17-10-12-19-36(34)37/h6-19,21-23,25,29-30,37,40-42,44-45H,20,24,26-28H2,1-5H3,(H,52,56)(H,53,55)(H,54,59)/b21-13+/t30-,40+,41-,42-,44+,45-/m0/s1. The number of rotatable bonds is 10. The van der Waals surface area contributed by atoms with Crippen LogP contribution in [0.4, 0.5) is 10.5 Å². The van der Waals surface area contributed by atoms with E-state index in [1.807, 2.05) is 87.5 Å². The quantitative estimate of drug-likeness (QED) is 0.0807. The normalized spacial score (nSPS) is 23.6. The summed E-state index contributed by atoms with van der Waals surface area (Å²) < 4.78 is 23.7. The number of ether oxygens (including phenoxy) is 4. The molecule has 3 aliphatic rings. The number of carbonyl (C=O) groups excluding carboxylic acids is 5. The van der Waals surface area contributed by atoms with Gasteiger partial charge in [-0.05, 0) is 77.8 Å². The molecule has 4 aromatic rings. The molecule has 0 unspecified atom stereocenters. The van der Waals surface area contributed by atoms with Crippen molar-refractivity contribution in [3.05, 3.63) is 136 Å². The van der Waals surface area contributed by atoms with E-state index in [0.29, 0.717) is 11.3 Å². The van der Waals surface area contributed by atoms with E-state index in [-0.39, 0.29) is 67.4 Å². The van der Waals surface area contributed by atoms with E-state index in [1.54, 1.807) is 38.1 Å². The van der Waals surface area contributed by atoms with Gasteiger partial charge in [0.05, 0.1) is 22.2 Å². The van der Waals surface area contributed by atoms with Crippen LogP contribution < -0.4 is 16.0 Å². The SMILES string of the molecule is CC(C)C[C@@H]1OC(=O)C(C)(C)CNC(=O)[C@@H](Cc2ccc(NC(=O)OCC3c4ccccc4-c4ccccc43)c(Cl)c2)NC(=O)/C=C/C[C@@H]([C@H](C)[C@H]2O[C@H]2c2ccccc2)OC1=O. The molecule has 12 nitrogen and oxygen atoms in total. The van der Waals surface area contributed by atoms with Gasteiger partial charge in [0.15, 0.2) is 6.10 Å². The number of hydrogen-bond acceptors (Lipinski definition) is 9. The zero-order chi connectivity index (χ0) is 44.8. The molecule has 330 valence electrons. The summed E-state index contributed by atoms with van der Waals surface area (Å²) in [5, 5.41) is 8.50. The van der Waals surface area contributed by atoms with Crippen LogP contribution in [0.1, 0.15) is 81.7 Å². The third-order valence-corrected chi connectivity index (χ3v) is 12.1. The molecule has 6 atom stereocenters. The first kappa shape index (κ1) is 45.1. The molecule has 0 radical (unpaired) electrons. The van der Waals surface area contributed by atoms with Gasteiger partial charge in [-0.3, -0.25) is 19.7 Å². The lowest BCUT2D eigenvalue weighted by molar-refractivity contribution is -0.179. The molecule has 2 aliphatic heterocycles. The van der Waals surface area contributed by atoms with Gasteiger partial charge in [0.2, 0.25) is 11.8 Å². The zero-order valence-corrected chi connectivity index (χ0v) is 36.9. The van der Waals surface area contributed by atoms with E-state index in [9.17, 15) is 24.0 Å². The number of epoxide rings is 1. The Morgan fingerprint density at radius 2 is 1.56 bits per heavy atom. The minimum Gasteiger partial charge on any atom is -0.459 e. The van der Waals surface area contributed by atoms with Gasteiger partial charge >= 0.3 is 18.0 Å². The van der Waals surface area contributed by atoms with Crippen molar-refractivity contribution in [1.29, 1.82) is 0 Å². The summed E-state index contributed by atoms with van der Waals surface area (Å²) in [6, 6.07) is 29.7. The second kappa shape index (κ2) is 19.6. The highest BCUT2D eigenvalue weighted by atomic mass is 35.5. The molecule has 1 aliphatic carbocycles. The molecular weight excluding hydrogens is 822 g/mol. The van der Waals surface area contributed by atoms with Gasteiger partial charge in [-0.15, -0.1) is 0 Å². The van der Waals surface area contributed by atoms with E-state index < -0.39 is 53.5 Å². The monoisotopic (exact) mass is 875 g/mol. The van der Waals surface area contributed by atoms with Gasteiger partial charge in [-0.1, -0.05) is 123 Å². The zero-order valence-electron chi connectivity index (χ0n) is 36.1. The third-order valence-electron chi connectivity index (χ3n) is 11.8. The molecule has 3 N–H and O–H groups in total. The average molecular weight is 876 g/mol. The maximum atomic E-state index is 13.8. The fourth-order valence-corrected chi connectivity index (χ4v) is 8.41. The van der Waals surface area contributed by atoms with Crippen molar-refractivity contribution >= 4 is 47.1 Å². The molecule has 4 aromatic carbocycles. The Morgan fingerprint density at radius 1 is 0.889 bits per heavy atom. The first-order valence-corrected chi connectivity index (χ1v) is 21.8. The van der Waals surface area contributed by atoms with E-state index in [4.69, 9.17) is 30.5 Å². The van der Waals surface area contributed by atoms with Gasteiger partial charge in [-0.2, -0.15) is 0 Å². The van der Waals surface area contributed by atoms with Gasteiger partial charge in [-0.25, -0.2) is 9.59 Å². The Balaban J connectivity index is 1.04. The number of halogens is 1. The highest BCUT2D eigenvalue weighted by molar-refractivity contribution is 6.33. The molecule has 0 bridgehead atoms. The van der Waals surface area contributed by atoms with E-state index in [0.717, 1.165) is 27.8 Å². The van der Waals surface area contributed by atoms with Crippen molar-refractivity contribution in [2.24, 2.45) is 17.3 Å². The maximum absolute atomic E-state index is 13.8. The highest BCUT2D eigenvalue weighted by Gasteiger charge is 2.48. The molecule has 0 saturated carbocycles. The number of amides is 3. The predicted molar refractivity (Wildman–Crippen MR) is 239 cm³/mol. The molecule has 0 aromatic heterocycles. The van der Waals surface area contributed by atoms with Crippen molar-refractivity contribution < 1.29 is 42.9 Å². The second-order valence-electron chi connectivity index (χ2n) is 17.6. The van der Waals surface area contributed by atoms with Crippen LogP contribution in [0.5, 0.6) is 0 Å². The van der Waals surface area contributed by atoms with E-state index >= 15 is 0 Å². The number of carbonyl (C=O) groups is 5. The molecule has 0 spiro atoms. The molecule has 1 fully saturated rings. The smallest absolute Gasteiger partial charge is 0.411 e. The Hall–Kier alpha value is -5.98. The predicted octanol–water partition coefficient (Wildman–Crippen LogP) is 8.48. The van der Waals surface area contributed by atoms with Gasteiger partial charge in [0.1, 0.15) is 24.9 Å². The molecule has 13 heteroatoms. The van der Waals surface area contributed by atoms with Gasteiger partial charge in [0.25, 0.3) is 0 Å². The fraction of sp³-hybridized carbons (Fsp3) is 0.380. The fourth-order valence-electron chi connectivity index (χ4n) is 8.16. The number of hydrogen-bond donors (Lipinski definition) is 3. The Kier molecular flexibility index (Phi) is 14.0. The van der Waals surface area contributed by atoms with Crippen molar-refractivity contribution in [2.45, 2.75) is 90.3 Å². The lowest BCUT2D eigenvalue weighted by Crippen LogP contribution is -2.51. The molecule has 3 amide bonds. The summed E-state index contributed by atoms with van der Waals surface area (Å²) in [5.41, 5.74) is 5.06. The Bertz CT molecular complexity index is 2320. The summed E-state index contributed by atoms with van der Waals surface area (Å²) in [4.78, 5) is 67.7. The number of cyclic esters (lactones) is 2. The lowest BCUT2D eigenvalue weighted by Gasteiger charge is -2.29. The summed E-state index contributed by atoms with van der Waals surface area (Å²) in [5.74, 6) is -2.90. The third kappa shape index (κ3) is 11.0. The highest BCUT2D eigenvalue weighted by Crippen LogP contribution is 2.46. The minimum absolute atomic E-state index is 0.00974. The number of benzene rings is 4. The van der Waals surface area contributed by atoms with Crippen LogP contribution in [0.2, 0.25) is 5.02 Å². The topological polar surface area (TPSA) is 162 Å². The second-order valence-corrected chi connectivity index (χ2v) is 18.0. The molecule has 63 heavy (non-hydrogen) atoms. The summed E-state index contributed by atoms with van der Waals surface area (Å²) in [6.45, 7) is 8.94. The average Bonchev–Trinajstić information content (AvgIpc) is 4.00. The summed E-state index contributed by atoms with van der Waals surface area (Å²) in [7, 11) is 0. The first-order valence-electron chi connectivity index (χ1n) is 21.5. The van der Waals surface area contributed by atoms with Crippen molar-refractivity contribution in [2.75, 3.05) is 18.5 Å². The Labute approximate surface area is 373 Å². The van der Waals surface area contributed by atoms with Crippen LogP contribution in [0.25, 0.3) is 11.1 Å². The largest absolute Gasteiger partial charge is 0.459 e. The number of anilines is 1. The van der Waals surface area contributed by atoms with Crippen molar-refractivity contribution in [1.82, 2.24) is 10.6 Å². The number of fused-ring (bicyclic) bond motifs is 3. The first-order chi connectivity index (χ1) is 30.2. The van der Waals surface area contributed by atoms with Gasteiger partial charge < -0.3 is 29.6 Å². The number of nitrogens with one attached hydrogen (secondary N) is 3. The summed E-state index contributed by atoms with van der Waals surface area (Å²) >= 11 is 6.68. The molecule has 1 saturated heterocycles. The van der Waals surface area contributed by atoms with E-state index in [2.05, 4.69) is 28.1 Å². The number of esters is 2. The molecule has 7 rings (SSSR count). The summed E-state index contributed by atoms with van der Waals surface area (Å²) in [6.07, 6.45) is 0.295. The maximum Gasteiger partial charge on any atom is 0.411 e. The van der Waals surface area contributed by atoms with Crippen LogP contribution in [-0.2, 0) is 44.5 Å². The van der Waals surface area contributed by atoms with Crippen LogP contribution in [0, 0.1) is 17.3 Å². The molecule has 2 heterocycles. The minimum atomic E-state index is -1.26. The van der Waals surface area contributed by atoms with Crippen LogP contribution in [-0.4, -0.2) is 67.4 Å². The Morgan fingerprint density at radius 3 is 2.22 bits per heavy atom. The molecular formula is C50H54ClN3O9. The lowest BCUT2D eigenvalue weighted by atomic mass is 9.92. The van der Waals surface area contributed by atoms with E-state index in [1.165, 1.54) is 6.08 Å².